The number of allylic oxidation sites excluding steroid dienone is 1. The molecule has 0 saturated carbocycles. The van der Waals surface area contributed by atoms with Gasteiger partial charge in [0.1, 0.15) is 0 Å². The van der Waals surface area contributed by atoms with Crippen LogP contribution in [0.3, 0.4) is 0 Å². The Hall–Kier alpha value is -0.664. The van der Waals surface area contributed by atoms with Crippen LogP contribution in [0.15, 0.2) is 42.1 Å². The molecule has 0 heterocycles. The standard InChI is InChI=1S/C14H17NO4.K/c1-3-19-12(16)9-10(2)15-13(14(17)18)11-7-5-4-6-8-11;/h4-9,13,15H,3H2,1-2H3,(H,17,18);/q;+1/p-1/b10-9-;. The van der Waals surface area contributed by atoms with E-state index >= 15 is 0 Å². The van der Waals surface area contributed by atoms with Gasteiger partial charge in [0.2, 0.25) is 0 Å². The van der Waals surface area contributed by atoms with Crippen molar-refractivity contribution in [1.29, 1.82) is 0 Å². The monoisotopic (exact) mass is 301 g/mol. The van der Waals surface area contributed by atoms with E-state index in [4.69, 9.17) is 4.74 Å². The number of ether oxygens (including phenoxy) is 1. The number of carboxylic acids is 1. The van der Waals surface area contributed by atoms with Crippen LogP contribution in [-0.4, -0.2) is 18.5 Å². The number of benzene rings is 1. The third-order valence-electron chi connectivity index (χ3n) is 2.36. The molecule has 20 heavy (non-hydrogen) atoms. The Morgan fingerprint density at radius 2 is 1.95 bits per heavy atom. The molecular formula is C14H16KNO4. The van der Waals surface area contributed by atoms with E-state index in [2.05, 4.69) is 5.32 Å². The summed E-state index contributed by atoms with van der Waals surface area (Å²) >= 11 is 0. The fraction of sp³-hybridized carbons (Fsp3) is 0.286. The van der Waals surface area contributed by atoms with Crippen molar-refractivity contribution >= 4 is 11.9 Å². The van der Waals surface area contributed by atoms with Gasteiger partial charge in [-0.1, -0.05) is 30.3 Å². The van der Waals surface area contributed by atoms with Gasteiger partial charge in [0.15, 0.2) is 0 Å². The second-order valence-electron chi connectivity index (χ2n) is 3.89. The van der Waals surface area contributed by atoms with Crippen LogP contribution in [0.5, 0.6) is 0 Å². The van der Waals surface area contributed by atoms with E-state index in [1.807, 2.05) is 0 Å². The molecule has 0 aliphatic rings. The summed E-state index contributed by atoms with van der Waals surface area (Å²) < 4.78 is 4.74. The third kappa shape index (κ3) is 6.67. The largest absolute Gasteiger partial charge is 1.00 e. The van der Waals surface area contributed by atoms with E-state index in [0.717, 1.165) is 0 Å². The first kappa shape index (κ1) is 19.3. The molecule has 102 valence electrons. The first-order valence-electron chi connectivity index (χ1n) is 5.92. The minimum atomic E-state index is -1.26. The van der Waals surface area contributed by atoms with Crippen LogP contribution in [0.4, 0.5) is 0 Å². The van der Waals surface area contributed by atoms with Crippen molar-refractivity contribution in [3.05, 3.63) is 47.7 Å². The normalized spacial score (nSPS) is 12.0. The third-order valence-corrected chi connectivity index (χ3v) is 2.36. The maximum absolute atomic E-state index is 11.2. The summed E-state index contributed by atoms with van der Waals surface area (Å²) in [6.07, 6.45) is 1.21. The van der Waals surface area contributed by atoms with Crippen LogP contribution >= 0.6 is 0 Å². The number of esters is 1. The van der Waals surface area contributed by atoms with E-state index in [1.165, 1.54) is 6.08 Å². The topological polar surface area (TPSA) is 78.5 Å². The summed E-state index contributed by atoms with van der Waals surface area (Å²) in [4.78, 5) is 22.4. The Morgan fingerprint density at radius 3 is 2.45 bits per heavy atom. The van der Waals surface area contributed by atoms with E-state index in [0.29, 0.717) is 11.3 Å². The molecule has 1 aromatic carbocycles. The molecule has 0 radical (unpaired) electrons. The molecule has 1 unspecified atom stereocenters. The minimum absolute atomic E-state index is 0. The van der Waals surface area contributed by atoms with Crippen LogP contribution in [-0.2, 0) is 14.3 Å². The molecule has 0 saturated heterocycles. The van der Waals surface area contributed by atoms with Crippen LogP contribution in [0.1, 0.15) is 25.5 Å². The van der Waals surface area contributed by atoms with Gasteiger partial charge in [-0.3, -0.25) is 0 Å². The van der Waals surface area contributed by atoms with Crippen molar-refractivity contribution in [3.63, 3.8) is 0 Å². The Kier molecular flexibility index (Phi) is 9.78. The SMILES string of the molecule is CCOC(=O)/C=C(/C)NC(C(=O)[O-])c1ccccc1.[K+]. The van der Waals surface area contributed by atoms with Gasteiger partial charge < -0.3 is 20.0 Å². The molecule has 1 atom stereocenters. The van der Waals surface area contributed by atoms with Crippen LogP contribution in [0.2, 0.25) is 0 Å². The number of rotatable bonds is 6. The molecule has 5 nitrogen and oxygen atoms in total. The second-order valence-corrected chi connectivity index (χ2v) is 3.89. The molecule has 0 bridgehead atoms. The fourth-order valence-corrected chi connectivity index (χ4v) is 1.55. The summed E-state index contributed by atoms with van der Waals surface area (Å²) in [6, 6.07) is 7.59. The Labute approximate surface area is 160 Å². The minimum Gasteiger partial charge on any atom is -0.548 e. The molecule has 1 rings (SSSR count). The number of aliphatic carboxylic acids is 1. The summed E-state index contributed by atoms with van der Waals surface area (Å²) in [7, 11) is 0. The zero-order chi connectivity index (χ0) is 14.3. The van der Waals surface area contributed by atoms with Crippen molar-refractivity contribution in [2.45, 2.75) is 19.9 Å². The summed E-state index contributed by atoms with van der Waals surface area (Å²) in [5.74, 6) is -1.78. The van der Waals surface area contributed by atoms with Crippen molar-refractivity contribution in [2.24, 2.45) is 0 Å². The molecule has 0 aliphatic heterocycles. The molecule has 6 heteroatoms. The average Bonchev–Trinajstić information content (AvgIpc) is 2.37. The molecule has 0 aromatic heterocycles. The van der Waals surface area contributed by atoms with Gasteiger partial charge in [0.05, 0.1) is 18.6 Å². The zero-order valence-electron chi connectivity index (χ0n) is 11.9. The summed E-state index contributed by atoms with van der Waals surface area (Å²) in [5.41, 5.74) is 0.954. The van der Waals surface area contributed by atoms with Gasteiger partial charge in [0, 0.05) is 11.8 Å². The number of carbonyl (C=O) groups is 2. The molecule has 0 fully saturated rings. The van der Waals surface area contributed by atoms with Gasteiger partial charge >= 0.3 is 57.4 Å². The van der Waals surface area contributed by atoms with E-state index in [9.17, 15) is 14.7 Å². The maximum atomic E-state index is 11.2. The van der Waals surface area contributed by atoms with Gasteiger partial charge in [-0.2, -0.15) is 0 Å². The number of carbonyl (C=O) groups excluding carboxylic acids is 2. The summed E-state index contributed by atoms with van der Waals surface area (Å²) in [6.45, 7) is 3.56. The number of hydrogen-bond donors (Lipinski definition) is 1. The van der Waals surface area contributed by atoms with Gasteiger partial charge in [-0.25, -0.2) is 4.79 Å². The maximum Gasteiger partial charge on any atom is 1.00 e. The number of hydrogen-bond acceptors (Lipinski definition) is 5. The number of nitrogens with one attached hydrogen (secondary N) is 1. The van der Waals surface area contributed by atoms with E-state index in [-0.39, 0.29) is 58.0 Å². The van der Waals surface area contributed by atoms with Gasteiger partial charge in [-0.15, -0.1) is 0 Å². The first-order chi connectivity index (χ1) is 9.04. The molecule has 0 amide bonds. The van der Waals surface area contributed by atoms with Crippen LogP contribution in [0.25, 0.3) is 0 Å². The van der Waals surface area contributed by atoms with Crippen molar-refractivity contribution in [2.75, 3.05) is 6.61 Å². The molecule has 1 aromatic rings. The Bertz CT molecular complexity index is 473. The smallest absolute Gasteiger partial charge is 0.548 e. The van der Waals surface area contributed by atoms with Gasteiger partial charge in [-0.05, 0) is 19.4 Å². The molecule has 1 N–H and O–H groups in total. The van der Waals surface area contributed by atoms with E-state index < -0.39 is 18.0 Å². The number of carboxylic acid groups (broad SMARTS) is 1. The fourth-order valence-electron chi connectivity index (χ4n) is 1.55. The van der Waals surface area contributed by atoms with Crippen LogP contribution in [0, 0.1) is 0 Å². The first-order valence-corrected chi connectivity index (χ1v) is 5.92. The van der Waals surface area contributed by atoms with Crippen molar-refractivity contribution < 1.29 is 70.8 Å². The predicted octanol–water partition coefficient (Wildman–Crippen LogP) is -2.46. The summed E-state index contributed by atoms with van der Waals surface area (Å²) in [5, 5.41) is 13.9. The molecular weight excluding hydrogens is 285 g/mol. The molecule has 0 spiro atoms. The predicted molar refractivity (Wildman–Crippen MR) is 67.7 cm³/mol. The average molecular weight is 301 g/mol. The quantitative estimate of drug-likeness (QED) is 0.358. The second kappa shape index (κ2) is 10.1. The van der Waals surface area contributed by atoms with Crippen LogP contribution < -0.4 is 61.8 Å². The van der Waals surface area contributed by atoms with Crippen molar-refractivity contribution in [1.82, 2.24) is 5.32 Å². The Morgan fingerprint density at radius 1 is 1.35 bits per heavy atom. The zero-order valence-corrected chi connectivity index (χ0v) is 15.0. The van der Waals surface area contributed by atoms with Gasteiger partial charge in [0.25, 0.3) is 0 Å². The molecule has 0 aliphatic carbocycles. The van der Waals surface area contributed by atoms with E-state index in [1.54, 1.807) is 44.2 Å². The van der Waals surface area contributed by atoms with Crippen molar-refractivity contribution in [3.8, 4) is 0 Å². The Balaban J connectivity index is 0.00000361.